The Hall–Kier alpha value is -0.830. The molecule has 0 aliphatic carbocycles. The maximum Gasteiger partial charge on any atom is 0.178 e. The van der Waals surface area contributed by atoms with Crippen molar-refractivity contribution in [3.63, 3.8) is 0 Å². The average molecular weight is 238 g/mol. The summed E-state index contributed by atoms with van der Waals surface area (Å²) >= 11 is 0. The fourth-order valence-electron chi connectivity index (χ4n) is 2.50. The van der Waals surface area contributed by atoms with Crippen LogP contribution >= 0.6 is 0 Å². The summed E-state index contributed by atoms with van der Waals surface area (Å²) in [5, 5.41) is 0. The molecule has 0 radical (unpaired) electrons. The Morgan fingerprint density at radius 3 is 2.44 bits per heavy atom. The zero-order valence-corrected chi connectivity index (χ0v) is 10.8. The van der Waals surface area contributed by atoms with Crippen LogP contribution in [-0.2, 0) is 9.84 Å². The molecule has 1 aliphatic rings. The van der Waals surface area contributed by atoms with Gasteiger partial charge in [0.1, 0.15) is 0 Å². The predicted molar refractivity (Wildman–Crippen MR) is 65.2 cm³/mol. The van der Waals surface area contributed by atoms with E-state index in [0.717, 1.165) is 5.56 Å². The lowest BCUT2D eigenvalue weighted by atomic mass is 9.82. The number of hydrogen-bond acceptors (Lipinski definition) is 2. The van der Waals surface area contributed by atoms with Crippen LogP contribution in [0, 0.1) is 11.8 Å². The molecule has 0 saturated carbocycles. The molecule has 0 N–H and O–H groups in total. The van der Waals surface area contributed by atoms with E-state index in [1.807, 2.05) is 25.1 Å². The van der Waals surface area contributed by atoms with Crippen molar-refractivity contribution in [2.45, 2.75) is 31.6 Å². The van der Waals surface area contributed by atoms with Crippen molar-refractivity contribution in [1.82, 2.24) is 0 Å². The van der Waals surface area contributed by atoms with E-state index in [4.69, 9.17) is 0 Å². The number of rotatable bonds is 0. The highest BCUT2D eigenvalue weighted by molar-refractivity contribution is 7.91. The van der Waals surface area contributed by atoms with Crippen molar-refractivity contribution < 1.29 is 8.42 Å². The molecule has 3 atom stereocenters. The summed E-state index contributed by atoms with van der Waals surface area (Å²) in [4.78, 5) is 0.540. The van der Waals surface area contributed by atoms with Crippen LogP contribution in [-0.4, -0.2) is 14.2 Å². The molecule has 2 nitrogen and oxygen atoms in total. The highest BCUT2D eigenvalue weighted by Crippen LogP contribution is 2.38. The van der Waals surface area contributed by atoms with Gasteiger partial charge >= 0.3 is 0 Å². The van der Waals surface area contributed by atoms with Gasteiger partial charge in [-0.1, -0.05) is 39.0 Å². The minimum atomic E-state index is -3.09. The van der Waals surface area contributed by atoms with E-state index < -0.39 is 9.84 Å². The fraction of sp³-hybridized carbons (Fsp3) is 0.538. The first-order valence-corrected chi connectivity index (χ1v) is 7.40. The maximum absolute atomic E-state index is 12.2. The van der Waals surface area contributed by atoms with Gasteiger partial charge in [0.15, 0.2) is 9.84 Å². The molecule has 1 aliphatic heterocycles. The minimum Gasteiger partial charge on any atom is -0.224 e. The summed E-state index contributed by atoms with van der Waals surface area (Å²) < 4.78 is 24.4. The third-order valence-corrected chi connectivity index (χ3v) is 5.92. The van der Waals surface area contributed by atoms with Crippen LogP contribution in [0.5, 0.6) is 0 Å². The van der Waals surface area contributed by atoms with Crippen LogP contribution in [0.25, 0.3) is 0 Å². The van der Waals surface area contributed by atoms with E-state index in [9.17, 15) is 8.42 Å². The lowest BCUT2D eigenvalue weighted by Gasteiger charge is -2.22. The summed E-state index contributed by atoms with van der Waals surface area (Å²) in [5.74, 6) is 1.20. The Morgan fingerprint density at radius 1 is 1.12 bits per heavy atom. The second kappa shape index (κ2) is 3.88. The minimum absolute atomic E-state index is 0.215. The van der Waals surface area contributed by atoms with Crippen LogP contribution in [0.15, 0.2) is 29.2 Å². The summed E-state index contributed by atoms with van der Waals surface area (Å²) in [6.45, 7) is 6.30. The van der Waals surface area contributed by atoms with Gasteiger partial charge < -0.3 is 0 Å². The highest BCUT2D eigenvalue weighted by Gasteiger charge is 2.33. The molecule has 88 valence electrons. The first kappa shape index (κ1) is 11.6. The van der Waals surface area contributed by atoms with E-state index in [0.29, 0.717) is 16.7 Å². The number of fused-ring (bicyclic) bond motifs is 1. The molecule has 0 amide bonds. The second-order valence-corrected chi connectivity index (χ2v) is 6.95. The lowest BCUT2D eigenvalue weighted by molar-refractivity contribution is 0.367. The van der Waals surface area contributed by atoms with Crippen molar-refractivity contribution in [3.05, 3.63) is 29.8 Å². The molecule has 16 heavy (non-hydrogen) atoms. The normalized spacial score (nSPS) is 32.8. The summed E-state index contributed by atoms with van der Waals surface area (Å²) in [7, 11) is -3.09. The van der Waals surface area contributed by atoms with E-state index >= 15 is 0 Å². The number of benzene rings is 1. The van der Waals surface area contributed by atoms with Crippen molar-refractivity contribution in [3.8, 4) is 0 Å². The third-order valence-electron chi connectivity index (χ3n) is 3.91. The monoisotopic (exact) mass is 238 g/mol. The average Bonchev–Trinajstić information content (AvgIpc) is 2.31. The van der Waals surface area contributed by atoms with Gasteiger partial charge in [-0.3, -0.25) is 0 Å². The Labute approximate surface area is 97.6 Å². The molecule has 0 bridgehead atoms. The number of sulfone groups is 1. The molecule has 0 unspecified atom stereocenters. The quantitative estimate of drug-likeness (QED) is 0.696. The first-order chi connectivity index (χ1) is 7.43. The van der Waals surface area contributed by atoms with Gasteiger partial charge in [0.25, 0.3) is 0 Å². The second-order valence-electron chi connectivity index (χ2n) is 4.94. The Kier molecular flexibility index (Phi) is 2.82. The van der Waals surface area contributed by atoms with Crippen molar-refractivity contribution in [1.29, 1.82) is 0 Å². The van der Waals surface area contributed by atoms with Crippen molar-refractivity contribution in [2.24, 2.45) is 11.8 Å². The van der Waals surface area contributed by atoms with Gasteiger partial charge in [0.2, 0.25) is 0 Å². The van der Waals surface area contributed by atoms with Gasteiger partial charge in [-0.2, -0.15) is 0 Å². The van der Waals surface area contributed by atoms with Gasteiger partial charge in [-0.15, -0.1) is 0 Å². The molecule has 0 spiro atoms. The molecular formula is C13H18O2S. The number of hydrogen-bond donors (Lipinski definition) is 0. The zero-order chi connectivity index (χ0) is 11.9. The Morgan fingerprint density at radius 2 is 1.75 bits per heavy atom. The maximum atomic E-state index is 12.2. The van der Waals surface area contributed by atoms with Gasteiger partial charge in [0.05, 0.1) is 10.6 Å². The summed E-state index contributed by atoms with van der Waals surface area (Å²) in [6.07, 6.45) is 0. The van der Waals surface area contributed by atoms with Crippen LogP contribution in [0.1, 0.15) is 32.3 Å². The fourth-order valence-corrected chi connectivity index (χ4v) is 4.58. The smallest absolute Gasteiger partial charge is 0.178 e. The first-order valence-electron chi connectivity index (χ1n) is 5.75. The van der Waals surface area contributed by atoms with E-state index in [1.165, 1.54) is 0 Å². The molecule has 1 aromatic carbocycles. The summed E-state index contributed by atoms with van der Waals surface area (Å²) in [5.41, 5.74) is 0.986. The zero-order valence-electron chi connectivity index (χ0n) is 9.97. The molecule has 1 aromatic rings. The van der Waals surface area contributed by atoms with E-state index in [2.05, 4.69) is 13.8 Å². The van der Waals surface area contributed by atoms with E-state index in [-0.39, 0.29) is 11.7 Å². The highest BCUT2D eigenvalue weighted by atomic mass is 32.2. The van der Waals surface area contributed by atoms with Crippen molar-refractivity contribution >= 4 is 9.84 Å². The van der Waals surface area contributed by atoms with Crippen LogP contribution < -0.4 is 0 Å². The van der Waals surface area contributed by atoms with Gasteiger partial charge in [-0.05, 0) is 29.4 Å². The Bertz CT molecular complexity index is 490. The third kappa shape index (κ3) is 1.77. The summed E-state index contributed by atoms with van der Waals surface area (Å²) in [6, 6.07) is 7.43. The van der Waals surface area contributed by atoms with Crippen LogP contribution in [0.4, 0.5) is 0 Å². The van der Waals surface area contributed by atoms with Crippen LogP contribution in [0.2, 0.25) is 0 Å². The molecule has 0 aromatic heterocycles. The van der Waals surface area contributed by atoms with Crippen LogP contribution in [0.3, 0.4) is 0 Å². The molecular weight excluding hydrogens is 220 g/mol. The van der Waals surface area contributed by atoms with Gasteiger partial charge in [-0.25, -0.2) is 8.42 Å². The van der Waals surface area contributed by atoms with Gasteiger partial charge in [0, 0.05) is 0 Å². The standard InChI is InChI=1S/C13H18O2S/c1-9-8-16(14,15)13-7-5-4-6-12(13)11(3)10(9)2/h4-7,9-11H,8H2,1-3H3/t9-,10+,11+/m1/s1. The molecule has 0 fully saturated rings. The lowest BCUT2D eigenvalue weighted by Crippen LogP contribution is -2.18. The predicted octanol–water partition coefficient (Wildman–Crippen LogP) is 2.85. The molecule has 1 heterocycles. The molecule has 0 saturated heterocycles. The largest absolute Gasteiger partial charge is 0.224 e. The topological polar surface area (TPSA) is 34.1 Å². The Balaban J connectivity index is 2.66. The molecule has 3 heteroatoms. The van der Waals surface area contributed by atoms with E-state index in [1.54, 1.807) is 6.07 Å². The van der Waals surface area contributed by atoms with Crippen molar-refractivity contribution in [2.75, 3.05) is 5.75 Å². The molecule has 2 rings (SSSR count). The SMILES string of the molecule is C[C@H]1[C@H](C)CS(=O)(=O)c2ccccc2[C@H]1C.